The van der Waals surface area contributed by atoms with Crippen molar-refractivity contribution < 1.29 is 4.42 Å². The van der Waals surface area contributed by atoms with Crippen LogP contribution < -0.4 is 4.90 Å². The molecule has 1 heterocycles. The summed E-state index contributed by atoms with van der Waals surface area (Å²) in [7, 11) is 0. The molecule has 1 aliphatic rings. The SMILES string of the molecule is c1ccc(-c2ccc(N(c3ccc(-c4ccc5c(c4)C(c4ccccc4)(c4ccccc4)c4c-5oc5ccccc45)cc3)c3ccc4ccccc4c3)cc2)cc1. The number of benzene rings is 9. The summed E-state index contributed by atoms with van der Waals surface area (Å²) in [5.74, 6) is 0.949. The van der Waals surface area contributed by atoms with Gasteiger partial charge >= 0.3 is 0 Å². The predicted octanol–water partition coefficient (Wildman–Crippen LogP) is 14.8. The van der Waals surface area contributed by atoms with E-state index in [9.17, 15) is 0 Å². The normalized spacial score (nSPS) is 12.7. The molecule has 1 aromatic heterocycles. The minimum absolute atomic E-state index is 0.561. The van der Waals surface area contributed by atoms with Gasteiger partial charge in [-0.2, -0.15) is 0 Å². The van der Waals surface area contributed by atoms with Gasteiger partial charge in [0.05, 0.1) is 5.41 Å². The van der Waals surface area contributed by atoms with Gasteiger partial charge in [0.2, 0.25) is 0 Å². The molecule has 0 bridgehead atoms. The van der Waals surface area contributed by atoms with E-state index in [0.717, 1.165) is 50.5 Å². The quantitative estimate of drug-likeness (QED) is 0.163. The van der Waals surface area contributed by atoms with Crippen LogP contribution in [0.15, 0.2) is 229 Å². The Balaban J connectivity index is 1.05. The lowest BCUT2D eigenvalue weighted by molar-refractivity contribution is 0.628. The zero-order valence-corrected chi connectivity index (χ0v) is 31.2. The molecule has 0 spiro atoms. The molecule has 0 saturated heterocycles. The fraction of sp³-hybridized carbons (Fsp3) is 0.0182. The van der Waals surface area contributed by atoms with E-state index in [0.29, 0.717) is 0 Å². The topological polar surface area (TPSA) is 16.4 Å². The monoisotopic (exact) mass is 727 g/mol. The Labute approximate surface area is 332 Å². The van der Waals surface area contributed by atoms with E-state index in [1.807, 2.05) is 0 Å². The third kappa shape index (κ3) is 5.33. The summed E-state index contributed by atoms with van der Waals surface area (Å²) >= 11 is 0. The van der Waals surface area contributed by atoms with Crippen molar-refractivity contribution in [3.8, 4) is 33.6 Å². The number of fused-ring (bicyclic) bond motifs is 6. The molecule has 2 heteroatoms. The highest BCUT2D eigenvalue weighted by molar-refractivity contribution is 5.98. The molecule has 268 valence electrons. The van der Waals surface area contributed by atoms with E-state index in [-0.39, 0.29) is 0 Å². The number of hydrogen-bond donors (Lipinski definition) is 0. The Morgan fingerprint density at radius 3 is 1.54 bits per heavy atom. The van der Waals surface area contributed by atoms with Crippen molar-refractivity contribution in [2.75, 3.05) is 4.90 Å². The fourth-order valence-electron chi connectivity index (χ4n) is 9.12. The lowest BCUT2D eigenvalue weighted by Gasteiger charge is -2.33. The zero-order valence-electron chi connectivity index (χ0n) is 31.2. The summed E-state index contributed by atoms with van der Waals surface area (Å²) in [5.41, 5.74) is 14.4. The van der Waals surface area contributed by atoms with E-state index in [1.54, 1.807) is 0 Å². The third-order valence-electron chi connectivity index (χ3n) is 11.7. The molecule has 2 nitrogen and oxygen atoms in total. The highest BCUT2D eigenvalue weighted by Gasteiger charge is 2.49. The van der Waals surface area contributed by atoms with Crippen LogP contribution in [-0.2, 0) is 5.41 Å². The van der Waals surface area contributed by atoms with Crippen molar-refractivity contribution in [1.29, 1.82) is 0 Å². The second-order valence-corrected chi connectivity index (χ2v) is 14.9. The van der Waals surface area contributed by atoms with E-state index in [4.69, 9.17) is 4.42 Å². The summed E-state index contributed by atoms with van der Waals surface area (Å²) in [6.07, 6.45) is 0. The van der Waals surface area contributed by atoms with Gasteiger partial charge in [0.25, 0.3) is 0 Å². The number of hydrogen-bond acceptors (Lipinski definition) is 2. The van der Waals surface area contributed by atoms with Crippen molar-refractivity contribution in [3.05, 3.63) is 247 Å². The number of rotatable bonds is 7. The average Bonchev–Trinajstić information content (AvgIpc) is 3.81. The molecule has 1 aliphatic carbocycles. The Bertz CT molecular complexity index is 3000. The van der Waals surface area contributed by atoms with Gasteiger partial charge < -0.3 is 9.32 Å². The molecule has 0 saturated carbocycles. The lowest BCUT2D eigenvalue weighted by atomic mass is 9.67. The molecule has 0 N–H and O–H groups in total. The number of furan rings is 1. The third-order valence-corrected chi connectivity index (χ3v) is 11.7. The molecule has 0 unspecified atom stereocenters. The number of para-hydroxylation sites is 1. The van der Waals surface area contributed by atoms with Crippen LogP contribution in [0.2, 0.25) is 0 Å². The predicted molar refractivity (Wildman–Crippen MR) is 237 cm³/mol. The molecular weight excluding hydrogens is 691 g/mol. The molecule has 0 fully saturated rings. The number of anilines is 3. The van der Waals surface area contributed by atoms with Crippen LogP contribution in [0.4, 0.5) is 17.1 Å². The molecule has 0 atom stereocenters. The van der Waals surface area contributed by atoms with Crippen LogP contribution in [0.1, 0.15) is 22.3 Å². The largest absolute Gasteiger partial charge is 0.456 e. The highest BCUT2D eigenvalue weighted by Crippen LogP contribution is 2.59. The molecular formula is C55H37NO. The average molecular weight is 728 g/mol. The van der Waals surface area contributed by atoms with E-state index < -0.39 is 5.41 Å². The van der Waals surface area contributed by atoms with Gasteiger partial charge in [-0.25, -0.2) is 0 Å². The Kier molecular flexibility index (Phi) is 7.75. The zero-order chi connectivity index (χ0) is 37.8. The van der Waals surface area contributed by atoms with Crippen molar-refractivity contribution >= 4 is 38.8 Å². The second-order valence-electron chi connectivity index (χ2n) is 14.9. The summed E-state index contributed by atoms with van der Waals surface area (Å²) < 4.78 is 6.76. The van der Waals surface area contributed by atoms with Gasteiger partial charge in [-0.3, -0.25) is 0 Å². The van der Waals surface area contributed by atoms with Crippen molar-refractivity contribution in [2.45, 2.75) is 5.41 Å². The van der Waals surface area contributed by atoms with Crippen LogP contribution in [0.25, 0.3) is 55.3 Å². The van der Waals surface area contributed by atoms with E-state index >= 15 is 0 Å². The van der Waals surface area contributed by atoms with Crippen molar-refractivity contribution in [2.24, 2.45) is 0 Å². The summed E-state index contributed by atoms with van der Waals surface area (Å²) in [5, 5.41) is 3.58. The smallest absolute Gasteiger partial charge is 0.140 e. The first-order valence-corrected chi connectivity index (χ1v) is 19.6. The van der Waals surface area contributed by atoms with E-state index in [2.05, 4.69) is 229 Å². The highest BCUT2D eigenvalue weighted by atomic mass is 16.3. The van der Waals surface area contributed by atoms with Crippen LogP contribution in [0, 0.1) is 0 Å². The minimum atomic E-state index is -0.561. The van der Waals surface area contributed by atoms with Crippen LogP contribution >= 0.6 is 0 Å². The standard InChI is InChI=1S/C55H37NO/c1-4-14-38(15-5-1)40-24-30-46(31-25-40)56(48-34-28-39-16-10-11-17-42(39)36-48)47-32-26-41(27-33-47)43-29-35-49-51(37-43)55(44-18-6-2-7-19-44,45-20-8-3-9-21-45)53-50-22-12-13-23-52(50)57-54(49)53/h1-37H. The first kappa shape index (κ1) is 33.0. The number of nitrogens with zero attached hydrogens (tertiary/aromatic N) is 1. The van der Waals surface area contributed by atoms with Gasteiger partial charge in [0.15, 0.2) is 0 Å². The van der Waals surface area contributed by atoms with Gasteiger partial charge in [0, 0.05) is 33.6 Å². The Morgan fingerprint density at radius 1 is 0.368 bits per heavy atom. The van der Waals surface area contributed by atoms with Crippen molar-refractivity contribution in [1.82, 2.24) is 0 Å². The Morgan fingerprint density at radius 2 is 0.877 bits per heavy atom. The molecule has 9 aromatic carbocycles. The molecule has 0 aliphatic heterocycles. The summed E-state index contributed by atoms with van der Waals surface area (Å²) in [6.45, 7) is 0. The first-order valence-electron chi connectivity index (χ1n) is 19.6. The second kappa shape index (κ2) is 13.4. The van der Waals surface area contributed by atoms with E-state index in [1.165, 1.54) is 44.2 Å². The maximum Gasteiger partial charge on any atom is 0.140 e. The fourth-order valence-corrected chi connectivity index (χ4v) is 9.12. The molecule has 0 radical (unpaired) electrons. The van der Waals surface area contributed by atoms with Gasteiger partial charge in [-0.05, 0) is 98.2 Å². The van der Waals surface area contributed by atoms with Crippen molar-refractivity contribution in [3.63, 3.8) is 0 Å². The lowest BCUT2D eigenvalue weighted by Crippen LogP contribution is -2.28. The van der Waals surface area contributed by atoms with Crippen LogP contribution in [-0.4, -0.2) is 0 Å². The van der Waals surface area contributed by atoms with Crippen LogP contribution in [0.3, 0.4) is 0 Å². The molecule has 11 rings (SSSR count). The molecule has 57 heavy (non-hydrogen) atoms. The van der Waals surface area contributed by atoms with Gasteiger partial charge in [0.1, 0.15) is 11.3 Å². The molecule has 0 amide bonds. The van der Waals surface area contributed by atoms with Gasteiger partial charge in [-0.1, -0.05) is 176 Å². The molecule has 10 aromatic rings. The van der Waals surface area contributed by atoms with Crippen LogP contribution in [0.5, 0.6) is 0 Å². The maximum absolute atomic E-state index is 6.76. The first-order chi connectivity index (χ1) is 28.3. The summed E-state index contributed by atoms with van der Waals surface area (Å²) in [4.78, 5) is 2.35. The maximum atomic E-state index is 6.76. The van der Waals surface area contributed by atoms with Gasteiger partial charge in [-0.15, -0.1) is 0 Å². The Hall–Kier alpha value is -7.42. The summed E-state index contributed by atoms with van der Waals surface area (Å²) in [6, 6.07) is 81.0. The minimum Gasteiger partial charge on any atom is -0.456 e.